The molecule has 4 heteroatoms. The van der Waals surface area contributed by atoms with E-state index in [9.17, 15) is 0 Å². The molecule has 0 aliphatic rings. The molecule has 0 bridgehead atoms. The summed E-state index contributed by atoms with van der Waals surface area (Å²) in [5, 5.41) is 3.41. The van der Waals surface area contributed by atoms with Crippen LogP contribution < -0.4 is 11.1 Å². The van der Waals surface area contributed by atoms with Crippen LogP contribution in [0.25, 0.3) is 0 Å². The van der Waals surface area contributed by atoms with Crippen LogP contribution in [0.1, 0.15) is 46.0 Å². The average Bonchev–Trinajstić information content (AvgIpc) is 2.29. The minimum Gasteiger partial charge on any atom is -0.382 e. The summed E-state index contributed by atoms with van der Waals surface area (Å²) in [6.45, 7) is 4.42. The molecule has 0 aromatic carbocycles. The summed E-state index contributed by atoms with van der Waals surface area (Å²) in [7, 11) is 0. The van der Waals surface area contributed by atoms with Crippen LogP contribution in [0.2, 0.25) is 0 Å². The fourth-order valence-corrected chi connectivity index (χ4v) is 1.71. The molecule has 1 rings (SSSR count). The normalized spacial score (nSPS) is 12.4. The molecule has 0 aliphatic heterocycles. The van der Waals surface area contributed by atoms with Crippen molar-refractivity contribution in [3.8, 4) is 0 Å². The van der Waals surface area contributed by atoms with E-state index in [1.807, 2.05) is 0 Å². The first-order valence-corrected chi connectivity index (χ1v) is 6.10. The highest BCUT2D eigenvalue weighted by Gasteiger charge is 2.07. The lowest BCUT2D eigenvalue weighted by atomic mass is 10.1. The van der Waals surface area contributed by atoms with E-state index in [0.717, 1.165) is 5.82 Å². The summed E-state index contributed by atoms with van der Waals surface area (Å²) in [6, 6.07) is 0.503. The molecule has 3 N–H and O–H groups in total. The van der Waals surface area contributed by atoms with Gasteiger partial charge in [0.2, 0.25) is 0 Å². The number of nitrogens with one attached hydrogen (secondary N) is 1. The standard InChI is InChI=1S/C12H22N4/c1-3-5-7-10(6-4-2)16-12-9-14-11(13)8-15-12/h8-10H,3-7H2,1-2H3,(H2,13,14)(H,15,16). The molecule has 0 spiro atoms. The Morgan fingerprint density at radius 1 is 1.19 bits per heavy atom. The average molecular weight is 222 g/mol. The van der Waals surface area contributed by atoms with Gasteiger partial charge >= 0.3 is 0 Å². The molecule has 90 valence electrons. The van der Waals surface area contributed by atoms with Gasteiger partial charge < -0.3 is 11.1 Å². The quantitative estimate of drug-likeness (QED) is 0.744. The minimum absolute atomic E-state index is 0.464. The molecule has 0 saturated carbocycles. The first-order valence-electron chi connectivity index (χ1n) is 6.10. The summed E-state index contributed by atoms with van der Waals surface area (Å²) in [5.74, 6) is 1.29. The van der Waals surface area contributed by atoms with Gasteiger partial charge in [-0.2, -0.15) is 0 Å². The van der Waals surface area contributed by atoms with Crippen LogP contribution in [0, 0.1) is 0 Å². The predicted octanol–water partition coefficient (Wildman–Crippen LogP) is 2.83. The van der Waals surface area contributed by atoms with Crippen molar-refractivity contribution in [3.63, 3.8) is 0 Å². The van der Waals surface area contributed by atoms with Crippen molar-refractivity contribution in [2.24, 2.45) is 0 Å². The largest absolute Gasteiger partial charge is 0.382 e. The molecule has 1 unspecified atom stereocenters. The van der Waals surface area contributed by atoms with Crippen LogP contribution in [0.3, 0.4) is 0 Å². The number of rotatable bonds is 7. The van der Waals surface area contributed by atoms with E-state index in [2.05, 4.69) is 29.1 Å². The number of unbranched alkanes of at least 4 members (excludes halogenated alkanes) is 1. The van der Waals surface area contributed by atoms with E-state index in [0.29, 0.717) is 11.9 Å². The Balaban J connectivity index is 2.49. The Kier molecular flexibility index (Phi) is 5.61. The maximum absolute atomic E-state index is 5.49. The molecule has 4 nitrogen and oxygen atoms in total. The Bertz CT molecular complexity index is 284. The maximum atomic E-state index is 5.49. The van der Waals surface area contributed by atoms with Crippen LogP contribution in [-0.4, -0.2) is 16.0 Å². The minimum atomic E-state index is 0.464. The van der Waals surface area contributed by atoms with Gasteiger partial charge in [-0.05, 0) is 12.8 Å². The topological polar surface area (TPSA) is 63.8 Å². The van der Waals surface area contributed by atoms with Crippen molar-refractivity contribution in [2.75, 3.05) is 11.1 Å². The molecule has 0 fully saturated rings. The van der Waals surface area contributed by atoms with Gasteiger partial charge in [0.25, 0.3) is 0 Å². The first-order chi connectivity index (χ1) is 7.76. The van der Waals surface area contributed by atoms with Crippen molar-refractivity contribution in [1.29, 1.82) is 0 Å². The highest BCUT2D eigenvalue weighted by atomic mass is 15.0. The number of nitrogen functional groups attached to an aromatic ring is 1. The zero-order valence-corrected chi connectivity index (χ0v) is 10.2. The highest BCUT2D eigenvalue weighted by molar-refractivity contribution is 5.36. The van der Waals surface area contributed by atoms with Gasteiger partial charge in [0.1, 0.15) is 11.6 Å². The van der Waals surface area contributed by atoms with E-state index < -0.39 is 0 Å². The Morgan fingerprint density at radius 2 is 2.00 bits per heavy atom. The second-order valence-electron chi connectivity index (χ2n) is 4.10. The Morgan fingerprint density at radius 3 is 2.56 bits per heavy atom. The molecule has 0 amide bonds. The molecule has 16 heavy (non-hydrogen) atoms. The lowest BCUT2D eigenvalue weighted by molar-refractivity contribution is 0.562. The third kappa shape index (κ3) is 4.47. The van der Waals surface area contributed by atoms with E-state index in [1.165, 1.54) is 32.1 Å². The molecule has 0 aliphatic carbocycles. The molecular weight excluding hydrogens is 200 g/mol. The van der Waals surface area contributed by atoms with Crippen LogP contribution in [0.5, 0.6) is 0 Å². The van der Waals surface area contributed by atoms with Crippen LogP contribution >= 0.6 is 0 Å². The number of anilines is 2. The summed E-state index contributed by atoms with van der Waals surface area (Å²) in [4.78, 5) is 8.24. The SMILES string of the molecule is CCCCC(CCC)Nc1cnc(N)cn1. The molecule has 0 saturated heterocycles. The monoisotopic (exact) mass is 222 g/mol. The molecule has 0 radical (unpaired) electrons. The maximum Gasteiger partial charge on any atom is 0.144 e. The Labute approximate surface area is 97.7 Å². The lowest BCUT2D eigenvalue weighted by Crippen LogP contribution is -2.20. The summed E-state index contributed by atoms with van der Waals surface area (Å²) >= 11 is 0. The summed E-state index contributed by atoms with van der Waals surface area (Å²) in [5.41, 5.74) is 5.49. The third-order valence-corrected chi connectivity index (χ3v) is 2.57. The highest BCUT2D eigenvalue weighted by Crippen LogP contribution is 2.12. The number of hydrogen-bond donors (Lipinski definition) is 2. The van der Waals surface area contributed by atoms with Gasteiger partial charge in [0, 0.05) is 6.04 Å². The van der Waals surface area contributed by atoms with Crippen molar-refractivity contribution in [2.45, 2.75) is 52.0 Å². The van der Waals surface area contributed by atoms with Crippen molar-refractivity contribution >= 4 is 11.6 Å². The number of aromatic nitrogens is 2. The van der Waals surface area contributed by atoms with Crippen molar-refractivity contribution < 1.29 is 0 Å². The molecule has 1 aromatic heterocycles. The van der Waals surface area contributed by atoms with Crippen LogP contribution in [0.15, 0.2) is 12.4 Å². The molecular formula is C12H22N4. The fourth-order valence-electron chi connectivity index (χ4n) is 1.71. The van der Waals surface area contributed by atoms with E-state index in [4.69, 9.17) is 5.73 Å². The van der Waals surface area contributed by atoms with E-state index in [1.54, 1.807) is 12.4 Å². The molecule has 1 aromatic rings. The van der Waals surface area contributed by atoms with Gasteiger partial charge in [0.05, 0.1) is 12.4 Å². The van der Waals surface area contributed by atoms with E-state index in [-0.39, 0.29) is 0 Å². The summed E-state index contributed by atoms with van der Waals surface area (Å²) in [6.07, 6.45) is 9.32. The third-order valence-electron chi connectivity index (χ3n) is 2.57. The van der Waals surface area contributed by atoms with Gasteiger partial charge in [-0.15, -0.1) is 0 Å². The molecule has 1 heterocycles. The van der Waals surface area contributed by atoms with Crippen molar-refractivity contribution in [3.05, 3.63) is 12.4 Å². The zero-order valence-electron chi connectivity index (χ0n) is 10.2. The van der Waals surface area contributed by atoms with Crippen LogP contribution in [-0.2, 0) is 0 Å². The summed E-state index contributed by atoms with van der Waals surface area (Å²) < 4.78 is 0. The first kappa shape index (κ1) is 12.7. The number of nitrogens with two attached hydrogens (primary N) is 1. The second kappa shape index (κ2) is 7.04. The number of hydrogen-bond acceptors (Lipinski definition) is 4. The van der Waals surface area contributed by atoms with Crippen molar-refractivity contribution in [1.82, 2.24) is 9.97 Å². The zero-order chi connectivity index (χ0) is 11.8. The van der Waals surface area contributed by atoms with Gasteiger partial charge in [-0.1, -0.05) is 33.1 Å². The van der Waals surface area contributed by atoms with Crippen LogP contribution in [0.4, 0.5) is 11.6 Å². The fraction of sp³-hybridized carbons (Fsp3) is 0.667. The Hall–Kier alpha value is -1.32. The number of nitrogens with zero attached hydrogens (tertiary/aromatic N) is 2. The van der Waals surface area contributed by atoms with Gasteiger partial charge in [-0.25, -0.2) is 9.97 Å². The smallest absolute Gasteiger partial charge is 0.144 e. The predicted molar refractivity (Wildman–Crippen MR) is 68.3 cm³/mol. The lowest BCUT2D eigenvalue weighted by Gasteiger charge is -2.18. The van der Waals surface area contributed by atoms with Gasteiger partial charge in [0.15, 0.2) is 0 Å². The van der Waals surface area contributed by atoms with Gasteiger partial charge in [-0.3, -0.25) is 0 Å². The van der Waals surface area contributed by atoms with E-state index >= 15 is 0 Å². The second-order valence-corrected chi connectivity index (χ2v) is 4.10. The molecule has 1 atom stereocenters.